The van der Waals surface area contributed by atoms with Crippen LogP contribution >= 0.6 is 0 Å². The molecular weight excluding hydrogens is 502 g/mol. The molecule has 1 saturated heterocycles. The van der Waals surface area contributed by atoms with Gasteiger partial charge in [-0.05, 0) is 51.7 Å². The molecule has 2 fully saturated rings. The van der Waals surface area contributed by atoms with Gasteiger partial charge in [-0.1, -0.05) is 27.7 Å². The average Bonchev–Trinajstić information content (AvgIpc) is 3.58. The third-order valence-electron chi connectivity index (χ3n) is 7.35. The van der Waals surface area contributed by atoms with Crippen molar-refractivity contribution in [1.29, 1.82) is 0 Å². The first-order valence-electron chi connectivity index (χ1n) is 14.7. The smallest absolute Gasteiger partial charge is 0.258 e. The number of piperidine rings is 1. The minimum Gasteiger partial charge on any atom is -0.492 e. The third-order valence-corrected chi connectivity index (χ3v) is 7.35. The summed E-state index contributed by atoms with van der Waals surface area (Å²) >= 11 is 0. The molecule has 6 rings (SSSR count). The molecule has 2 N–H and O–H groups in total. The summed E-state index contributed by atoms with van der Waals surface area (Å²) in [4.78, 5) is 20.5. The molecule has 1 amide bonds. The Hall–Kier alpha value is -3.59. The molecule has 0 spiro atoms. The molecule has 1 saturated carbocycles. The van der Waals surface area contributed by atoms with Crippen molar-refractivity contribution in [2.75, 3.05) is 30.4 Å². The van der Waals surface area contributed by atoms with Crippen molar-refractivity contribution < 1.29 is 12.4 Å². The second-order valence-corrected chi connectivity index (χ2v) is 10.2. The fourth-order valence-corrected chi connectivity index (χ4v) is 5.53. The number of amides is 1. The van der Waals surface area contributed by atoms with Gasteiger partial charge in [0.1, 0.15) is 16.7 Å². The molecular formula is C31H49N7O2. The van der Waals surface area contributed by atoms with Gasteiger partial charge >= 0.3 is 0 Å². The minimum absolute atomic E-state index is 0. The summed E-state index contributed by atoms with van der Waals surface area (Å²) in [6.45, 7) is 13.9. The lowest BCUT2D eigenvalue weighted by Crippen LogP contribution is -2.43. The van der Waals surface area contributed by atoms with Gasteiger partial charge in [-0.3, -0.25) is 14.5 Å². The molecule has 3 aromatic heterocycles. The average molecular weight is 552 g/mol. The number of aromatic nitrogens is 4. The minimum atomic E-state index is -0.214. The van der Waals surface area contributed by atoms with Crippen molar-refractivity contribution in [2.45, 2.75) is 79.3 Å². The van der Waals surface area contributed by atoms with Crippen molar-refractivity contribution in [3.05, 3.63) is 47.7 Å². The SMILES string of the molecule is CC.CC.COc1c(NC(=O)c2ccc(N3CCC(NC4CC4)CC3)c3cn(C)nc23)cn2cc(C)nc(C)c12.[HH].[HH]. The number of anilines is 2. The highest BCUT2D eigenvalue weighted by molar-refractivity contribution is 6.14. The van der Waals surface area contributed by atoms with E-state index in [9.17, 15) is 4.79 Å². The van der Waals surface area contributed by atoms with E-state index in [2.05, 4.69) is 31.7 Å². The summed E-state index contributed by atoms with van der Waals surface area (Å²) in [6.07, 6.45) is 10.7. The Morgan fingerprint density at radius 2 is 1.68 bits per heavy atom. The Bertz CT molecular complexity index is 1470. The van der Waals surface area contributed by atoms with Crippen LogP contribution in [0, 0.1) is 13.8 Å². The Morgan fingerprint density at radius 1 is 1.00 bits per heavy atom. The largest absolute Gasteiger partial charge is 0.492 e. The van der Waals surface area contributed by atoms with Crippen molar-refractivity contribution in [2.24, 2.45) is 7.05 Å². The van der Waals surface area contributed by atoms with Crippen molar-refractivity contribution in [3.63, 3.8) is 0 Å². The summed E-state index contributed by atoms with van der Waals surface area (Å²) in [7, 11) is 3.51. The first kappa shape index (κ1) is 29.4. The van der Waals surface area contributed by atoms with Gasteiger partial charge in [0.15, 0.2) is 5.75 Å². The Morgan fingerprint density at radius 3 is 2.33 bits per heavy atom. The zero-order valence-electron chi connectivity index (χ0n) is 25.3. The van der Waals surface area contributed by atoms with Crippen LogP contribution < -0.4 is 20.3 Å². The number of fused-ring (bicyclic) bond motifs is 2. The van der Waals surface area contributed by atoms with Crippen LogP contribution in [0.2, 0.25) is 0 Å². The van der Waals surface area contributed by atoms with Crippen molar-refractivity contribution in [3.8, 4) is 5.75 Å². The van der Waals surface area contributed by atoms with E-state index in [0.717, 1.165) is 60.0 Å². The van der Waals surface area contributed by atoms with E-state index in [-0.39, 0.29) is 8.76 Å². The van der Waals surface area contributed by atoms with Gasteiger partial charge in [0, 0.05) is 64.7 Å². The maximum atomic E-state index is 13.5. The number of benzene rings is 1. The molecule has 0 bridgehead atoms. The van der Waals surface area contributed by atoms with E-state index in [1.54, 1.807) is 11.8 Å². The molecule has 0 unspecified atom stereocenters. The van der Waals surface area contributed by atoms with Crippen LogP contribution in [0.4, 0.5) is 11.4 Å². The highest BCUT2D eigenvalue weighted by atomic mass is 16.5. The number of rotatable bonds is 6. The summed E-state index contributed by atoms with van der Waals surface area (Å²) in [5, 5.41) is 12.5. The molecule has 0 radical (unpaired) electrons. The van der Waals surface area contributed by atoms with Crippen molar-refractivity contribution in [1.82, 2.24) is 24.5 Å². The van der Waals surface area contributed by atoms with Gasteiger partial charge in [0.05, 0.1) is 24.1 Å². The third kappa shape index (κ3) is 5.94. The van der Waals surface area contributed by atoms with E-state index in [0.29, 0.717) is 28.6 Å². The zero-order valence-corrected chi connectivity index (χ0v) is 25.3. The second-order valence-electron chi connectivity index (χ2n) is 10.2. The summed E-state index contributed by atoms with van der Waals surface area (Å²) in [5.74, 6) is 0.388. The number of aryl methyl sites for hydroxylation is 3. The molecule has 1 aliphatic heterocycles. The van der Waals surface area contributed by atoms with Gasteiger partial charge in [-0.15, -0.1) is 0 Å². The number of nitrogens with zero attached hydrogens (tertiary/aromatic N) is 5. The van der Waals surface area contributed by atoms with E-state index in [4.69, 9.17) is 4.74 Å². The number of carbonyl (C=O) groups is 1. The first-order chi connectivity index (χ1) is 19.4. The van der Waals surface area contributed by atoms with Gasteiger partial charge in [0.25, 0.3) is 5.91 Å². The zero-order chi connectivity index (χ0) is 29.0. The molecule has 1 aliphatic carbocycles. The normalized spacial score (nSPS) is 15.3. The molecule has 1 aromatic carbocycles. The molecule has 9 heteroatoms. The summed E-state index contributed by atoms with van der Waals surface area (Å²) in [5.41, 5.74) is 5.59. The van der Waals surface area contributed by atoms with Crippen LogP contribution in [0.3, 0.4) is 0 Å². The predicted molar refractivity (Wildman–Crippen MR) is 168 cm³/mol. The molecule has 2 aliphatic rings. The summed E-state index contributed by atoms with van der Waals surface area (Å²) in [6, 6.07) is 5.32. The molecule has 4 heterocycles. The van der Waals surface area contributed by atoms with Crippen molar-refractivity contribution >= 4 is 33.7 Å². The molecule has 220 valence electrons. The van der Waals surface area contributed by atoms with Gasteiger partial charge in [0.2, 0.25) is 0 Å². The van der Waals surface area contributed by atoms with Crippen LogP contribution in [-0.4, -0.2) is 57.4 Å². The van der Waals surface area contributed by atoms with E-state index in [1.807, 2.05) is 77.6 Å². The van der Waals surface area contributed by atoms with E-state index < -0.39 is 0 Å². The monoisotopic (exact) mass is 551 g/mol. The Kier molecular flexibility index (Phi) is 9.35. The van der Waals surface area contributed by atoms with Crippen LogP contribution in [0.1, 0.15) is 78.0 Å². The Balaban J connectivity index is 0.000000987. The van der Waals surface area contributed by atoms with E-state index >= 15 is 0 Å². The fourth-order valence-electron chi connectivity index (χ4n) is 5.53. The first-order valence-corrected chi connectivity index (χ1v) is 14.7. The molecule has 9 nitrogen and oxygen atoms in total. The lowest BCUT2D eigenvalue weighted by molar-refractivity contribution is 0.102. The topological polar surface area (TPSA) is 88.7 Å². The number of hydrogen-bond donors (Lipinski definition) is 2. The van der Waals surface area contributed by atoms with E-state index in [1.165, 1.54) is 12.8 Å². The molecule has 4 aromatic rings. The van der Waals surface area contributed by atoms with Gasteiger partial charge < -0.3 is 24.7 Å². The number of ether oxygens (including phenoxy) is 1. The van der Waals surface area contributed by atoms with Gasteiger partial charge in [-0.2, -0.15) is 5.10 Å². The molecule has 40 heavy (non-hydrogen) atoms. The Labute approximate surface area is 240 Å². The maximum absolute atomic E-state index is 13.5. The number of nitrogens with one attached hydrogen (secondary N) is 2. The highest BCUT2D eigenvalue weighted by Crippen LogP contribution is 2.35. The quantitative estimate of drug-likeness (QED) is 0.290. The number of carbonyl (C=O) groups excluding carboxylic acids is 1. The highest BCUT2D eigenvalue weighted by Gasteiger charge is 2.28. The van der Waals surface area contributed by atoms with Crippen LogP contribution in [0.5, 0.6) is 5.75 Å². The fraction of sp³-hybridized carbons (Fsp3) is 0.516. The number of hydrogen-bond acceptors (Lipinski definition) is 6. The van der Waals surface area contributed by atoms with Crippen LogP contribution in [0.15, 0.2) is 30.7 Å². The predicted octanol–water partition coefficient (Wildman–Crippen LogP) is 6.36. The summed E-state index contributed by atoms with van der Waals surface area (Å²) < 4.78 is 9.42. The molecule has 0 atom stereocenters. The van der Waals surface area contributed by atoms with Crippen LogP contribution in [-0.2, 0) is 7.05 Å². The lowest BCUT2D eigenvalue weighted by Gasteiger charge is -2.34. The second kappa shape index (κ2) is 12.7. The standard InChI is InChI=1S/C27H33N7O2.2C2H6.2H2/c1-16-13-34-15-22(26(36-4)25(34)17(2)28-16)30-27(35)20-7-8-23(21-14-32(3)31-24(20)21)33-11-9-19(10-12-33)29-18-5-6-18;2*1-2;;/h7-8,13-15,18-19,29H,5-6,9-12H2,1-4H3,(H,30,35);2*1-2H3;2*1H. The maximum Gasteiger partial charge on any atom is 0.258 e. The van der Waals surface area contributed by atoms with Crippen LogP contribution in [0.25, 0.3) is 16.4 Å². The number of methoxy groups -OCH3 is 1. The van der Waals surface area contributed by atoms with Gasteiger partial charge in [-0.25, -0.2) is 0 Å². The lowest BCUT2D eigenvalue weighted by atomic mass is 10.0.